The quantitative estimate of drug-likeness (QED) is 0.845. The Hall–Kier alpha value is -1.17. The van der Waals surface area contributed by atoms with Crippen LogP contribution in [0.25, 0.3) is 0 Å². The molecule has 1 aliphatic heterocycles. The van der Waals surface area contributed by atoms with Crippen molar-refractivity contribution in [3.63, 3.8) is 0 Å². The van der Waals surface area contributed by atoms with Crippen LogP contribution in [0.5, 0.6) is 0 Å². The van der Waals surface area contributed by atoms with Crippen molar-refractivity contribution in [1.29, 1.82) is 0 Å². The summed E-state index contributed by atoms with van der Waals surface area (Å²) in [4.78, 5) is 5.18. The van der Waals surface area contributed by atoms with Gasteiger partial charge in [-0.25, -0.2) is 8.78 Å². The van der Waals surface area contributed by atoms with Crippen molar-refractivity contribution in [3.05, 3.63) is 46.7 Å². The number of nitrogens with zero attached hydrogens (tertiary/aromatic N) is 1. The molecule has 1 aromatic rings. The van der Waals surface area contributed by atoms with Crippen LogP contribution in [0.1, 0.15) is 18.5 Å². The molecule has 0 amide bonds. The summed E-state index contributed by atoms with van der Waals surface area (Å²) in [6.07, 6.45) is 0.745. The van der Waals surface area contributed by atoms with E-state index >= 15 is 0 Å². The molecule has 0 N–H and O–H groups in total. The zero-order valence-electron chi connectivity index (χ0n) is 9.86. The predicted molar refractivity (Wildman–Crippen MR) is 62.4 cm³/mol. The molecule has 0 aromatic heterocycles. The summed E-state index contributed by atoms with van der Waals surface area (Å²) in [5, 5.41) is 1.49. The molecule has 0 radical (unpaired) electrons. The molecule has 0 spiro atoms. The molecule has 0 fully saturated rings. The van der Waals surface area contributed by atoms with E-state index in [1.165, 1.54) is 36.6 Å². The molecular formula is C12H12ClF2NO2. The maximum atomic E-state index is 13.8. The van der Waals surface area contributed by atoms with Crippen LogP contribution in [0.2, 0.25) is 0 Å². The standard InChI is InChI=1S/C12H12ClF2NO2/c1-7(17-2)16-12(8(13)6-18-16)11-9(14)4-3-5-10(11)15/h3-7,12H,1-2H3. The van der Waals surface area contributed by atoms with Gasteiger partial charge in [0, 0.05) is 12.7 Å². The molecule has 6 heteroatoms. The lowest BCUT2D eigenvalue weighted by Crippen LogP contribution is -2.34. The van der Waals surface area contributed by atoms with Crippen LogP contribution in [0.4, 0.5) is 8.78 Å². The Balaban J connectivity index is 2.43. The average molecular weight is 276 g/mol. The molecule has 98 valence electrons. The summed E-state index contributed by atoms with van der Waals surface area (Å²) < 4.78 is 32.6. The third-order valence-electron chi connectivity index (χ3n) is 2.78. The van der Waals surface area contributed by atoms with Crippen LogP contribution in [0.3, 0.4) is 0 Å². The predicted octanol–water partition coefficient (Wildman–Crippen LogP) is 3.33. The van der Waals surface area contributed by atoms with Crippen LogP contribution in [-0.2, 0) is 9.57 Å². The highest BCUT2D eigenvalue weighted by Gasteiger charge is 2.37. The van der Waals surface area contributed by atoms with Crippen molar-refractivity contribution < 1.29 is 18.4 Å². The van der Waals surface area contributed by atoms with Crippen molar-refractivity contribution in [2.75, 3.05) is 7.11 Å². The number of methoxy groups -OCH3 is 1. The average Bonchev–Trinajstić information content (AvgIpc) is 2.71. The molecule has 2 unspecified atom stereocenters. The van der Waals surface area contributed by atoms with Crippen molar-refractivity contribution >= 4 is 11.6 Å². The first-order chi connectivity index (χ1) is 8.56. The summed E-state index contributed by atoms with van der Waals surface area (Å²) in [5.41, 5.74) is -0.153. The van der Waals surface area contributed by atoms with Crippen molar-refractivity contribution in [3.8, 4) is 0 Å². The van der Waals surface area contributed by atoms with E-state index < -0.39 is 23.9 Å². The normalized spacial score (nSPS) is 21.6. The highest BCUT2D eigenvalue weighted by atomic mass is 35.5. The van der Waals surface area contributed by atoms with Gasteiger partial charge in [-0.1, -0.05) is 17.7 Å². The van der Waals surface area contributed by atoms with E-state index in [1.54, 1.807) is 6.92 Å². The summed E-state index contributed by atoms with van der Waals surface area (Å²) in [6, 6.07) is 2.81. The second-order valence-corrected chi connectivity index (χ2v) is 4.28. The van der Waals surface area contributed by atoms with E-state index in [0.29, 0.717) is 0 Å². The fourth-order valence-electron chi connectivity index (χ4n) is 1.79. The lowest BCUT2D eigenvalue weighted by Gasteiger charge is -2.28. The van der Waals surface area contributed by atoms with Gasteiger partial charge in [-0.2, -0.15) is 0 Å². The van der Waals surface area contributed by atoms with Gasteiger partial charge in [0.1, 0.15) is 30.2 Å². The Morgan fingerprint density at radius 3 is 2.56 bits per heavy atom. The first-order valence-electron chi connectivity index (χ1n) is 5.33. The molecule has 1 aliphatic rings. The van der Waals surface area contributed by atoms with Crippen molar-refractivity contribution in [2.24, 2.45) is 0 Å². The first kappa shape index (κ1) is 13.3. The lowest BCUT2D eigenvalue weighted by molar-refractivity contribution is -0.209. The van der Waals surface area contributed by atoms with Crippen LogP contribution in [0, 0.1) is 11.6 Å². The number of benzene rings is 1. The van der Waals surface area contributed by atoms with Gasteiger partial charge in [0.15, 0.2) is 0 Å². The van der Waals surface area contributed by atoms with Crippen LogP contribution in [-0.4, -0.2) is 18.4 Å². The third-order valence-corrected chi connectivity index (χ3v) is 3.07. The Bertz CT molecular complexity index is 461. The van der Waals surface area contributed by atoms with Crippen molar-refractivity contribution in [2.45, 2.75) is 19.2 Å². The Labute approximate surface area is 109 Å². The summed E-state index contributed by atoms with van der Waals surface area (Å²) >= 11 is 5.96. The zero-order valence-corrected chi connectivity index (χ0v) is 10.6. The Morgan fingerprint density at radius 1 is 1.39 bits per heavy atom. The van der Waals surface area contributed by atoms with Gasteiger partial charge in [0.2, 0.25) is 0 Å². The summed E-state index contributed by atoms with van der Waals surface area (Å²) in [6.45, 7) is 1.69. The molecular weight excluding hydrogens is 264 g/mol. The van der Waals surface area contributed by atoms with Gasteiger partial charge in [-0.15, -0.1) is 5.06 Å². The molecule has 1 aromatic carbocycles. The fraction of sp³-hybridized carbons (Fsp3) is 0.333. The number of hydrogen-bond donors (Lipinski definition) is 0. The van der Waals surface area contributed by atoms with Crippen LogP contribution in [0.15, 0.2) is 29.5 Å². The van der Waals surface area contributed by atoms with Crippen molar-refractivity contribution in [1.82, 2.24) is 5.06 Å². The monoisotopic (exact) mass is 275 g/mol. The van der Waals surface area contributed by atoms with Gasteiger partial charge in [-0.3, -0.25) is 0 Å². The fourth-order valence-corrected chi connectivity index (χ4v) is 2.04. The highest BCUT2D eigenvalue weighted by molar-refractivity contribution is 6.30. The van der Waals surface area contributed by atoms with Gasteiger partial charge < -0.3 is 9.57 Å². The minimum Gasteiger partial charge on any atom is -0.409 e. The first-order valence-corrected chi connectivity index (χ1v) is 5.71. The van der Waals surface area contributed by atoms with Gasteiger partial charge >= 0.3 is 0 Å². The number of hydroxylamine groups is 2. The topological polar surface area (TPSA) is 21.7 Å². The number of ether oxygens (including phenoxy) is 1. The maximum absolute atomic E-state index is 13.8. The maximum Gasteiger partial charge on any atom is 0.141 e. The van der Waals surface area contributed by atoms with E-state index in [2.05, 4.69) is 0 Å². The molecule has 2 atom stereocenters. The van der Waals surface area contributed by atoms with E-state index in [-0.39, 0.29) is 10.6 Å². The van der Waals surface area contributed by atoms with E-state index in [9.17, 15) is 8.78 Å². The zero-order chi connectivity index (χ0) is 13.3. The van der Waals surface area contributed by atoms with Gasteiger partial charge in [0.05, 0.1) is 5.03 Å². The lowest BCUT2D eigenvalue weighted by atomic mass is 10.1. The second-order valence-electron chi connectivity index (χ2n) is 3.84. The SMILES string of the molecule is COC(C)N1OC=C(Cl)C1c1c(F)cccc1F. The minimum absolute atomic E-state index is 0.153. The Kier molecular flexibility index (Phi) is 3.85. The molecule has 2 rings (SSSR count). The molecule has 0 saturated carbocycles. The minimum atomic E-state index is -0.845. The van der Waals surface area contributed by atoms with E-state index in [1.807, 2.05) is 0 Å². The van der Waals surface area contributed by atoms with Crippen LogP contribution >= 0.6 is 11.6 Å². The number of rotatable bonds is 3. The summed E-state index contributed by atoms with van der Waals surface area (Å²) in [7, 11) is 1.47. The van der Waals surface area contributed by atoms with Crippen LogP contribution < -0.4 is 0 Å². The van der Waals surface area contributed by atoms with E-state index in [4.69, 9.17) is 21.2 Å². The van der Waals surface area contributed by atoms with E-state index in [0.717, 1.165) is 0 Å². The summed E-state index contributed by atoms with van der Waals surface area (Å²) in [5.74, 6) is -1.35. The number of halogens is 3. The molecule has 0 saturated heterocycles. The highest BCUT2D eigenvalue weighted by Crippen LogP contribution is 2.39. The second kappa shape index (κ2) is 5.22. The molecule has 3 nitrogen and oxygen atoms in total. The third kappa shape index (κ3) is 2.21. The molecule has 0 bridgehead atoms. The molecule has 18 heavy (non-hydrogen) atoms. The Morgan fingerprint density at radius 2 is 2.00 bits per heavy atom. The smallest absolute Gasteiger partial charge is 0.141 e. The van der Waals surface area contributed by atoms with Gasteiger partial charge in [-0.05, 0) is 19.1 Å². The number of hydrogen-bond acceptors (Lipinski definition) is 3. The largest absolute Gasteiger partial charge is 0.409 e. The van der Waals surface area contributed by atoms with Gasteiger partial charge in [0.25, 0.3) is 0 Å². The molecule has 0 aliphatic carbocycles. The molecule has 1 heterocycles.